The number of nitrogens with zero attached hydrogens (tertiary/aromatic N) is 4. The van der Waals surface area contributed by atoms with Gasteiger partial charge in [0.2, 0.25) is 5.82 Å². The van der Waals surface area contributed by atoms with Gasteiger partial charge in [0.15, 0.2) is 0 Å². The fraction of sp³-hybridized carbons (Fsp3) is 0.0769. The molecule has 0 aliphatic rings. The van der Waals surface area contributed by atoms with E-state index in [1.807, 2.05) is 66.2 Å². The molecule has 9 heteroatoms. The van der Waals surface area contributed by atoms with Crippen LogP contribution in [0.2, 0.25) is 5.02 Å². The van der Waals surface area contributed by atoms with Crippen LogP contribution in [0, 0.1) is 6.92 Å². The first kappa shape index (κ1) is 22.4. The molecule has 0 spiro atoms. The number of hydrogen-bond acceptors (Lipinski definition) is 5. The number of benzene rings is 3. The SMILES string of the molecule is Cc1ccccc1-c1noc(-c2cn(Cc3ccc(NC(=O)Nc4cccc(Cl)c4)cc3)cn2)n1. The van der Waals surface area contributed by atoms with Gasteiger partial charge in [0, 0.05) is 34.7 Å². The number of rotatable bonds is 6. The molecule has 0 bridgehead atoms. The van der Waals surface area contributed by atoms with E-state index >= 15 is 0 Å². The van der Waals surface area contributed by atoms with E-state index in [1.165, 1.54) is 0 Å². The van der Waals surface area contributed by atoms with E-state index in [-0.39, 0.29) is 6.03 Å². The molecule has 2 heterocycles. The zero-order valence-electron chi connectivity index (χ0n) is 18.8. The summed E-state index contributed by atoms with van der Waals surface area (Å²) in [6.07, 6.45) is 3.58. The van der Waals surface area contributed by atoms with Crippen LogP contribution < -0.4 is 10.6 Å². The Bertz CT molecular complexity index is 1480. The predicted octanol–water partition coefficient (Wildman–Crippen LogP) is 6.25. The molecule has 0 aliphatic carbocycles. The molecule has 0 unspecified atom stereocenters. The van der Waals surface area contributed by atoms with Gasteiger partial charge < -0.3 is 19.7 Å². The van der Waals surface area contributed by atoms with Crippen molar-refractivity contribution >= 4 is 29.0 Å². The van der Waals surface area contributed by atoms with Crippen LogP contribution >= 0.6 is 11.6 Å². The number of aryl methyl sites for hydroxylation is 1. The number of aromatic nitrogens is 4. The van der Waals surface area contributed by atoms with Crippen LogP contribution in [0.3, 0.4) is 0 Å². The molecule has 0 radical (unpaired) electrons. The molecule has 3 aromatic carbocycles. The Morgan fingerprint density at radius 3 is 2.60 bits per heavy atom. The van der Waals surface area contributed by atoms with Gasteiger partial charge in [-0.25, -0.2) is 9.78 Å². The second kappa shape index (κ2) is 9.82. The number of nitrogens with one attached hydrogen (secondary N) is 2. The maximum absolute atomic E-state index is 12.2. The summed E-state index contributed by atoms with van der Waals surface area (Å²) in [5.74, 6) is 0.905. The minimum Gasteiger partial charge on any atom is -0.332 e. The number of imidazole rings is 1. The van der Waals surface area contributed by atoms with Crippen LogP contribution in [-0.2, 0) is 6.54 Å². The van der Waals surface area contributed by atoms with Crippen molar-refractivity contribution in [3.05, 3.63) is 101 Å². The number of urea groups is 1. The van der Waals surface area contributed by atoms with E-state index in [1.54, 1.807) is 30.6 Å². The summed E-state index contributed by atoms with van der Waals surface area (Å²) in [5.41, 5.74) is 4.94. The molecule has 174 valence electrons. The molecule has 2 N–H and O–H groups in total. The lowest BCUT2D eigenvalue weighted by Gasteiger charge is -2.09. The normalized spacial score (nSPS) is 10.8. The summed E-state index contributed by atoms with van der Waals surface area (Å²) >= 11 is 5.95. The number of amides is 2. The first-order valence-corrected chi connectivity index (χ1v) is 11.3. The molecule has 35 heavy (non-hydrogen) atoms. The molecule has 8 nitrogen and oxygen atoms in total. The van der Waals surface area contributed by atoms with Gasteiger partial charge in [-0.1, -0.05) is 59.2 Å². The number of anilines is 2. The van der Waals surface area contributed by atoms with E-state index in [9.17, 15) is 4.79 Å². The van der Waals surface area contributed by atoms with Gasteiger partial charge in [-0.3, -0.25) is 0 Å². The summed E-state index contributed by atoms with van der Waals surface area (Å²) in [7, 11) is 0. The number of carbonyl (C=O) groups is 1. The topological polar surface area (TPSA) is 97.9 Å². The highest BCUT2D eigenvalue weighted by atomic mass is 35.5. The molecule has 2 aromatic heterocycles. The molecule has 0 aliphatic heterocycles. The third kappa shape index (κ3) is 5.39. The van der Waals surface area contributed by atoms with Crippen molar-refractivity contribution in [2.24, 2.45) is 0 Å². The maximum Gasteiger partial charge on any atom is 0.323 e. The van der Waals surface area contributed by atoms with Gasteiger partial charge in [0.1, 0.15) is 5.69 Å². The van der Waals surface area contributed by atoms with Crippen LogP contribution in [0.15, 0.2) is 89.8 Å². The number of halogens is 1. The monoisotopic (exact) mass is 484 g/mol. The van der Waals surface area contributed by atoms with Crippen molar-refractivity contribution < 1.29 is 9.32 Å². The first-order chi connectivity index (χ1) is 17.0. The lowest BCUT2D eigenvalue weighted by Crippen LogP contribution is -2.19. The van der Waals surface area contributed by atoms with Crippen molar-refractivity contribution in [2.45, 2.75) is 13.5 Å². The molecular weight excluding hydrogens is 464 g/mol. The standard InChI is InChI=1S/C26H21ClN6O2/c1-17-5-2-3-8-22(17)24-31-25(35-32-24)23-15-33(16-28-23)14-18-9-11-20(12-10-18)29-26(34)30-21-7-4-6-19(27)13-21/h2-13,15-16H,14H2,1H3,(H2,29,30,34). The van der Waals surface area contributed by atoms with Crippen molar-refractivity contribution in [3.63, 3.8) is 0 Å². The fourth-order valence-corrected chi connectivity index (χ4v) is 3.77. The van der Waals surface area contributed by atoms with Crippen LogP contribution in [0.25, 0.3) is 23.0 Å². The highest BCUT2D eigenvalue weighted by molar-refractivity contribution is 6.30. The molecule has 0 saturated heterocycles. The van der Waals surface area contributed by atoms with E-state index in [0.717, 1.165) is 16.7 Å². The summed E-state index contributed by atoms with van der Waals surface area (Å²) in [5, 5.41) is 10.2. The Kier molecular flexibility index (Phi) is 6.28. The Morgan fingerprint density at radius 1 is 1.00 bits per heavy atom. The summed E-state index contributed by atoms with van der Waals surface area (Å²) in [4.78, 5) is 21.1. The fourth-order valence-electron chi connectivity index (χ4n) is 3.58. The summed E-state index contributed by atoms with van der Waals surface area (Å²) in [6, 6.07) is 22.1. The van der Waals surface area contributed by atoms with E-state index in [2.05, 4.69) is 25.8 Å². The predicted molar refractivity (Wildman–Crippen MR) is 135 cm³/mol. The average Bonchev–Trinajstić information content (AvgIpc) is 3.50. The molecule has 0 atom stereocenters. The summed E-state index contributed by atoms with van der Waals surface area (Å²) in [6.45, 7) is 2.60. The van der Waals surface area contributed by atoms with Crippen molar-refractivity contribution in [3.8, 4) is 23.0 Å². The smallest absolute Gasteiger partial charge is 0.323 e. The number of hydrogen-bond donors (Lipinski definition) is 2. The van der Waals surface area contributed by atoms with Crippen molar-refractivity contribution in [1.82, 2.24) is 19.7 Å². The zero-order valence-corrected chi connectivity index (χ0v) is 19.5. The minimum atomic E-state index is -0.344. The van der Waals surface area contributed by atoms with Crippen molar-refractivity contribution in [2.75, 3.05) is 10.6 Å². The lowest BCUT2D eigenvalue weighted by atomic mass is 10.1. The third-order valence-corrected chi connectivity index (χ3v) is 5.56. The van der Waals surface area contributed by atoms with Crippen LogP contribution in [0.4, 0.5) is 16.2 Å². The van der Waals surface area contributed by atoms with Gasteiger partial charge in [-0.05, 0) is 48.4 Å². The zero-order chi connectivity index (χ0) is 24.2. The average molecular weight is 485 g/mol. The quantitative estimate of drug-likeness (QED) is 0.296. The molecule has 2 amide bonds. The number of carbonyl (C=O) groups excluding carboxylic acids is 1. The second-order valence-electron chi connectivity index (χ2n) is 7.96. The minimum absolute atomic E-state index is 0.344. The largest absolute Gasteiger partial charge is 0.332 e. The lowest BCUT2D eigenvalue weighted by molar-refractivity contribution is 0.262. The van der Waals surface area contributed by atoms with Crippen molar-refractivity contribution in [1.29, 1.82) is 0 Å². The molecule has 0 saturated carbocycles. The van der Waals surface area contributed by atoms with E-state index < -0.39 is 0 Å². The molecule has 5 rings (SSSR count). The molecule has 0 fully saturated rings. The highest BCUT2D eigenvalue weighted by Crippen LogP contribution is 2.24. The first-order valence-electron chi connectivity index (χ1n) is 10.9. The Balaban J connectivity index is 1.21. The second-order valence-corrected chi connectivity index (χ2v) is 8.39. The molecular formula is C26H21ClN6O2. The Hall–Kier alpha value is -4.43. The van der Waals surface area contributed by atoms with Gasteiger partial charge in [-0.2, -0.15) is 4.98 Å². The van der Waals surface area contributed by atoms with Crippen LogP contribution in [-0.4, -0.2) is 25.7 Å². The third-order valence-electron chi connectivity index (χ3n) is 5.32. The Morgan fingerprint density at radius 2 is 1.80 bits per heavy atom. The van der Waals surface area contributed by atoms with E-state index in [0.29, 0.717) is 40.4 Å². The Labute approximate surface area is 206 Å². The summed E-state index contributed by atoms with van der Waals surface area (Å²) < 4.78 is 7.37. The maximum atomic E-state index is 12.2. The van der Waals surface area contributed by atoms with E-state index in [4.69, 9.17) is 16.1 Å². The van der Waals surface area contributed by atoms with Gasteiger partial charge in [0.05, 0.1) is 6.33 Å². The van der Waals surface area contributed by atoms with Crippen LogP contribution in [0.5, 0.6) is 0 Å². The molecule has 5 aromatic rings. The van der Waals surface area contributed by atoms with Crippen LogP contribution in [0.1, 0.15) is 11.1 Å². The van der Waals surface area contributed by atoms with Gasteiger partial charge in [-0.15, -0.1) is 0 Å². The van der Waals surface area contributed by atoms with Gasteiger partial charge >= 0.3 is 6.03 Å². The highest BCUT2D eigenvalue weighted by Gasteiger charge is 2.14. The van der Waals surface area contributed by atoms with Gasteiger partial charge in [0.25, 0.3) is 5.89 Å².